The van der Waals surface area contributed by atoms with Gasteiger partial charge in [-0.3, -0.25) is 14.4 Å². The highest BCUT2D eigenvalue weighted by atomic mass is 16.3. The summed E-state index contributed by atoms with van der Waals surface area (Å²) in [5.41, 5.74) is -0.0178. The monoisotopic (exact) mass is 371 g/mol. The molecule has 3 rings (SSSR count). The second-order valence-corrected chi connectivity index (χ2v) is 6.72. The Labute approximate surface area is 158 Å². The summed E-state index contributed by atoms with van der Waals surface area (Å²) in [6.07, 6.45) is 7.28. The summed E-state index contributed by atoms with van der Waals surface area (Å²) in [5.74, 6) is -0.0854. The van der Waals surface area contributed by atoms with E-state index in [1.165, 1.54) is 12.3 Å². The van der Waals surface area contributed by atoms with Crippen molar-refractivity contribution in [2.75, 3.05) is 13.1 Å². The molecule has 1 aliphatic rings. The molecular weight excluding hydrogens is 346 g/mol. The SMILES string of the molecule is O=C(NCCCCn1ccccc1=O)C1CCCCN1C(=O)c1ccco1. The van der Waals surface area contributed by atoms with Crippen molar-refractivity contribution in [3.8, 4) is 0 Å². The first-order valence-electron chi connectivity index (χ1n) is 9.44. The van der Waals surface area contributed by atoms with Gasteiger partial charge in [-0.15, -0.1) is 0 Å². The Balaban J connectivity index is 1.46. The molecule has 7 heteroatoms. The average Bonchev–Trinajstić information content (AvgIpc) is 3.23. The molecule has 2 aromatic rings. The summed E-state index contributed by atoms with van der Waals surface area (Å²) in [6, 6.07) is 7.93. The largest absolute Gasteiger partial charge is 0.459 e. The number of hydrogen-bond acceptors (Lipinski definition) is 4. The van der Waals surface area contributed by atoms with Crippen LogP contribution < -0.4 is 10.9 Å². The van der Waals surface area contributed by atoms with Crippen LogP contribution in [0.1, 0.15) is 42.7 Å². The van der Waals surface area contributed by atoms with Crippen LogP contribution in [-0.4, -0.2) is 40.4 Å². The summed E-state index contributed by atoms with van der Waals surface area (Å²) in [7, 11) is 0. The molecule has 1 aliphatic heterocycles. The zero-order valence-corrected chi connectivity index (χ0v) is 15.3. The Bertz CT molecular complexity index is 813. The molecule has 3 heterocycles. The molecule has 0 aromatic carbocycles. The van der Waals surface area contributed by atoms with Gasteiger partial charge >= 0.3 is 0 Å². The lowest BCUT2D eigenvalue weighted by Crippen LogP contribution is -2.52. The highest BCUT2D eigenvalue weighted by Crippen LogP contribution is 2.20. The van der Waals surface area contributed by atoms with E-state index in [0.717, 1.165) is 25.7 Å². The zero-order valence-electron chi connectivity index (χ0n) is 15.3. The third kappa shape index (κ3) is 4.87. The van der Waals surface area contributed by atoms with Crippen molar-refractivity contribution < 1.29 is 14.0 Å². The van der Waals surface area contributed by atoms with Crippen LogP contribution in [-0.2, 0) is 11.3 Å². The number of hydrogen-bond donors (Lipinski definition) is 1. The highest BCUT2D eigenvalue weighted by Gasteiger charge is 2.33. The van der Waals surface area contributed by atoms with Crippen LogP contribution in [0.25, 0.3) is 0 Å². The van der Waals surface area contributed by atoms with Crippen molar-refractivity contribution in [1.82, 2.24) is 14.8 Å². The molecule has 0 spiro atoms. The minimum Gasteiger partial charge on any atom is -0.459 e. The fraction of sp³-hybridized carbons (Fsp3) is 0.450. The number of pyridine rings is 1. The number of unbranched alkanes of at least 4 members (excludes halogenated alkanes) is 1. The predicted octanol–water partition coefficient (Wildman–Crippen LogP) is 2.03. The predicted molar refractivity (Wildman–Crippen MR) is 100 cm³/mol. The first kappa shape index (κ1) is 18.9. The van der Waals surface area contributed by atoms with Crippen LogP contribution in [0.2, 0.25) is 0 Å². The maximum atomic E-state index is 12.6. The van der Waals surface area contributed by atoms with Crippen LogP contribution >= 0.6 is 0 Å². The van der Waals surface area contributed by atoms with E-state index in [4.69, 9.17) is 4.42 Å². The summed E-state index contributed by atoms with van der Waals surface area (Å²) in [5, 5.41) is 2.93. The number of piperidine rings is 1. The quantitative estimate of drug-likeness (QED) is 0.755. The molecule has 0 aliphatic carbocycles. The number of likely N-dealkylation sites (tertiary alicyclic amines) is 1. The fourth-order valence-corrected chi connectivity index (χ4v) is 3.37. The molecule has 1 atom stereocenters. The number of aryl methyl sites for hydroxylation is 1. The second kappa shape index (κ2) is 9.21. The summed E-state index contributed by atoms with van der Waals surface area (Å²) < 4.78 is 6.85. The molecule has 1 unspecified atom stereocenters. The number of amides is 2. The van der Waals surface area contributed by atoms with Gasteiger partial charge in [0.15, 0.2) is 5.76 Å². The Morgan fingerprint density at radius 3 is 2.81 bits per heavy atom. The van der Waals surface area contributed by atoms with Crippen molar-refractivity contribution in [1.29, 1.82) is 0 Å². The summed E-state index contributed by atoms with van der Waals surface area (Å²) >= 11 is 0. The first-order chi connectivity index (χ1) is 13.2. The van der Waals surface area contributed by atoms with Crippen molar-refractivity contribution in [3.05, 3.63) is 58.9 Å². The molecule has 1 saturated heterocycles. The molecule has 1 N–H and O–H groups in total. The maximum absolute atomic E-state index is 12.6. The Kier molecular flexibility index (Phi) is 6.46. The van der Waals surface area contributed by atoms with Gasteiger partial charge in [0.05, 0.1) is 6.26 Å². The molecule has 1 fully saturated rings. The summed E-state index contributed by atoms with van der Waals surface area (Å²) in [6.45, 7) is 1.72. The highest BCUT2D eigenvalue weighted by molar-refractivity contribution is 5.95. The van der Waals surface area contributed by atoms with E-state index in [1.54, 1.807) is 33.9 Å². The standard InChI is InChI=1S/C20H25N3O4/c24-18-10-2-4-12-22(18)13-6-3-11-21-19(25)16-8-1-5-14-23(16)20(26)17-9-7-15-27-17/h2,4,7,9-10,12,15-16H,1,3,5-6,8,11,13-14H2,(H,21,25). The van der Waals surface area contributed by atoms with Gasteiger partial charge in [-0.05, 0) is 50.3 Å². The van der Waals surface area contributed by atoms with Crippen LogP contribution in [0, 0.1) is 0 Å². The lowest BCUT2D eigenvalue weighted by molar-refractivity contribution is -0.126. The maximum Gasteiger partial charge on any atom is 0.290 e. The molecule has 7 nitrogen and oxygen atoms in total. The Hall–Kier alpha value is -2.83. The van der Waals surface area contributed by atoms with Crippen LogP contribution in [0.4, 0.5) is 0 Å². The molecule has 0 radical (unpaired) electrons. The number of nitrogens with zero attached hydrogens (tertiary/aromatic N) is 2. The molecule has 2 amide bonds. The van der Waals surface area contributed by atoms with Crippen molar-refractivity contribution in [2.24, 2.45) is 0 Å². The number of rotatable bonds is 7. The molecule has 0 bridgehead atoms. The van der Waals surface area contributed by atoms with Gasteiger partial charge in [0.2, 0.25) is 11.5 Å². The zero-order chi connectivity index (χ0) is 19.1. The van der Waals surface area contributed by atoms with E-state index >= 15 is 0 Å². The Morgan fingerprint density at radius 2 is 2.04 bits per heavy atom. The van der Waals surface area contributed by atoms with Crippen molar-refractivity contribution >= 4 is 11.8 Å². The van der Waals surface area contributed by atoms with Crippen LogP contribution in [0.5, 0.6) is 0 Å². The topological polar surface area (TPSA) is 84.5 Å². The minimum absolute atomic E-state index is 0.0178. The first-order valence-corrected chi connectivity index (χ1v) is 9.44. The fourth-order valence-electron chi connectivity index (χ4n) is 3.37. The van der Waals surface area contributed by atoms with Crippen molar-refractivity contribution in [3.63, 3.8) is 0 Å². The van der Waals surface area contributed by atoms with Gasteiger partial charge in [0, 0.05) is 31.9 Å². The van der Waals surface area contributed by atoms with Gasteiger partial charge in [-0.2, -0.15) is 0 Å². The minimum atomic E-state index is -0.451. The lowest BCUT2D eigenvalue weighted by atomic mass is 10.0. The number of aromatic nitrogens is 1. The van der Waals surface area contributed by atoms with E-state index in [1.807, 2.05) is 6.07 Å². The number of furan rings is 1. The van der Waals surface area contributed by atoms with Crippen LogP contribution in [0.3, 0.4) is 0 Å². The lowest BCUT2D eigenvalue weighted by Gasteiger charge is -2.34. The van der Waals surface area contributed by atoms with Gasteiger partial charge in [0.1, 0.15) is 6.04 Å². The van der Waals surface area contributed by atoms with E-state index in [2.05, 4.69) is 5.32 Å². The normalized spacial score (nSPS) is 16.9. The van der Waals surface area contributed by atoms with E-state index < -0.39 is 6.04 Å². The third-order valence-electron chi connectivity index (χ3n) is 4.82. The van der Waals surface area contributed by atoms with E-state index in [9.17, 15) is 14.4 Å². The van der Waals surface area contributed by atoms with E-state index in [-0.39, 0.29) is 23.1 Å². The second-order valence-electron chi connectivity index (χ2n) is 6.72. The van der Waals surface area contributed by atoms with Gasteiger partial charge in [-0.1, -0.05) is 6.07 Å². The third-order valence-corrected chi connectivity index (χ3v) is 4.82. The van der Waals surface area contributed by atoms with E-state index in [0.29, 0.717) is 26.1 Å². The molecular formula is C20H25N3O4. The van der Waals surface area contributed by atoms with Crippen LogP contribution in [0.15, 0.2) is 52.0 Å². The Morgan fingerprint density at radius 1 is 1.15 bits per heavy atom. The van der Waals surface area contributed by atoms with Gasteiger partial charge < -0.3 is 19.2 Å². The summed E-state index contributed by atoms with van der Waals surface area (Å²) in [4.78, 5) is 38.4. The van der Waals surface area contributed by atoms with Gasteiger partial charge in [0.25, 0.3) is 5.91 Å². The average molecular weight is 371 g/mol. The smallest absolute Gasteiger partial charge is 0.290 e. The molecule has 2 aromatic heterocycles. The van der Waals surface area contributed by atoms with Gasteiger partial charge in [-0.25, -0.2) is 0 Å². The number of carbonyl (C=O) groups is 2. The molecule has 0 saturated carbocycles. The molecule has 144 valence electrons. The number of carbonyl (C=O) groups excluding carboxylic acids is 2. The number of nitrogens with one attached hydrogen (secondary N) is 1. The molecule has 27 heavy (non-hydrogen) atoms. The van der Waals surface area contributed by atoms with Crippen molar-refractivity contribution in [2.45, 2.75) is 44.7 Å².